The van der Waals surface area contributed by atoms with Crippen molar-refractivity contribution in [3.8, 4) is 0 Å². The van der Waals surface area contributed by atoms with Gasteiger partial charge in [0.2, 0.25) is 0 Å². The number of hydrogen-bond acceptors (Lipinski definition) is 4. The van der Waals surface area contributed by atoms with E-state index in [1.807, 2.05) is 26.0 Å². The molecule has 16 heavy (non-hydrogen) atoms. The molecule has 0 aromatic carbocycles. The molecule has 1 rings (SSSR count). The van der Waals surface area contributed by atoms with Gasteiger partial charge in [-0.05, 0) is 33.0 Å². The van der Waals surface area contributed by atoms with Crippen molar-refractivity contribution in [1.82, 2.24) is 9.88 Å². The summed E-state index contributed by atoms with van der Waals surface area (Å²) < 4.78 is 5.49. The predicted molar refractivity (Wildman–Crippen MR) is 66.1 cm³/mol. The fraction of sp³-hybridized carbons (Fsp3) is 0.583. The van der Waals surface area contributed by atoms with Gasteiger partial charge in [0.15, 0.2) is 0 Å². The molecule has 0 unspecified atom stereocenters. The van der Waals surface area contributed by atoms with E-state index in [2.05, 4.69) is 16.9 Å². The minimum absolute atomic E-state index is 0.291. The Morgan fingerprint density at radius 2 is 2.19 bits per heavy atom. The van der Waals surface area contributed by atoms with Crippen LogP contribution in [-0.2, 0) is 11.3 Å². The zero-order chi connectivity index (χ0) is 12.0. The summed E-state index contributed by atoms with van der Waals surface area (Å²) in [7, 11) is 2.05. The Balaban J connectivity index is 2.31. The fourth-order valence-electron chi connectivity index (χ4n) is 1.39. The molecule has 0 aliphatic rings. The van der Waals surface area contributed by atoms with Crippen LogP contribution in [0.5, 0.6) is 0 Å². The summed E-state index contributed by atoms with van der Waals surface area (Å²) in [4.78, 5) is 6.42. The van der Waals surface area contributed by atoms with Gasteiger partial charge < -0.3 is 10.5 Å². The highest BCUT2D eigenvalue weighted by atomic mass is 16.5. The summed E-state index contributed by atoms with van der Waals surface area (Å²) in [6.07, 6.45) is 0.291. The van der Waals surface area contributed by atoms with Gasteiger partial charge in [0.1, 0.15) is 5.82 Å². The van der Waals surface area contributed by atoms with Crippen LogP contribution >= 0.6 is 0 Å². The molecule has 1 heterocycles. The molecule has 0 aliphatic heterocycles. The molecule has 0 saturated heterocycles. The van der Waals surface area contributed by atoms with Crippen molar-refractivity contribution in [2.24, 2.45) is 0 Å². The van der Waals surface area contributed by atoms with E-state index in [9.17, 15) is 0 Å². The monoisotopic (exact) mass is 223 g/mol. The first kappa shape index (κ1) is 12.9. The first-order chi connectivity index (χ1) is 7.58. The minimum Gasteiger partial charge on any atom is -0.384 e. The Hall–Kier alpha value is -1.13. The number of hydrogen-bond donors (Lipinski definition) is 1. The Labute approximate surface area is 97.4 Å². The van der Waals surface area contributed by atoms with Crippen molar-refractivity contribution in [2.75, 3.05) is 25.9 Å². The maximum atomic E-state index is 5.62. The van der Waals surface area contributed by atoms with Crippen molar-refractivity contribution in [3.63, 3.8) is 0 Å². The third kappa shape index (κ3) is 5.09. The second kappa shape index (κ2) is 6.45. The van der Waals surface area contributed by atoms with Crippen LogP contribution in [0.15, 0.2) is 18.2 Å². The van der Waals surface area contributed by atoms with Crippen molar-refractivity contribution >= 4 is 5.82 Å². The lowest BCUT2D eigenvalue weighted by Gasteiger charge is -2.17. The van der Waals surface area contributed by atoms with Gasteiger partial charge in [0.25, 0.3) is 0 Å². The number of anilines is 1. The lowest BCUT2D eigenvalue weighted by atomic mass is 10.3. The number of ether oxygens (including phenoxy) is 1. The molecular weight excluding hydrogens is 202 g/mol. The van der Waals surface area contributed by atoms with Crippen LogP contribution in [0.25, 0.3) is 0 Å². The van der Waals surface area contributed by atoms with Gasteiger partial charge in [0, 0.05) is 13.1 Å². The molecule has 90 valence electrons. The van der Waals surface area contributed by atoms with Gasteiger partial charge in [0.05, 0.1) is 18.4 Å². The third-order valence-electron chi connectivity index (χ3n) is 2.18. The van der Waals surface area contributed by atoms with E-state index in [4.69, 9.17) is 10.5 Å². The largest absolute Gasteiger partial charge is 0.384 e. The molecule has 2 N–H and O–H groups in total. The highest BCUT2D eigenvalue weighted by molar-refractivity contribution is 5.28. The molecule has 0 atom stereocenters. The second-order valence-corrected chi connectivity index (χ2v) is 4.21. The van der Waals surface area contributed by atoms with E-state index in [1.165, 1.54) is 0 Å². The van der Waals surface area contributed by atoms with Crippen molar-refractivity contribution < 1.29 is 4.74 Å². The maximum absolute atomic E-state index is 5.62. The SMILES string of the molecule is CC(C)OCCN(C)Cc1cccc(N)n1. The minimum atomic E-state index is 0.291. The van der Waals surface area contributed by atoms with Crippen LogP contribution in [0.3, 0.4) is 0 Å². The standard InChI is InChI=1S/C12H21N3O/c1-10(2)16-8-7-15(3)9-11-5-4-6-12(13)14-11/h4-6,10H,7-9H2,1-3H3,(H2,13,14). The highest BCUT2D eigenvalue weighted by Gasteiger charge is 2.02. The normalized spacial score (nSPS) is 11.3. The number of likely N-dealkylation sites (N-methyl/N-ethyl adjacent to an activating group) is 1. The summed E-state index contributed by atoms with van der Waals surface area (Å²) in [5, 5.41) is 0. The van der Waals surface area contributed by atoms with Gasteiger partial charge in [-0.15, -0.1) is 0 Å². The van der Waals surface area contributed by atoms with E-state index in [0.29, 0.717) is 11.9 Å². The molecule has 1 aromatic rings. The summed E-state index contributed by atoms with van der Waals surface area (Å²) in [6, 6.07) is 5.71. The molecule has 4 nitrogen and oxygen atoms in total. The van der Waals surface area contributed by atoms with Crippen molar-refractivity contribution in [1.29, 1.82) is 0 Å². The molecule has 0 bridgehead atoms. The van der Waals surface area contributed by atoms with Crippen molar-refractivity contribution in [2.45, 2.75) is 26.5 Å². The number of nitrogens with two attached hydrogens (primary N) is 1. The fourth-order valence-corrected chi connectivity index (χ4v) is 1.39. The molecule has 0 radical (unpaired) electrons. The number of nitrogens with zero attached hydrogens (tertiary/aromatic N) is 2. The van der Waals surface area contributed by atoms with Gasteiger partial charge in [-0.3, -0.25) is 4.90 Å². The van der Waals surface area contributed by atoms with Gasteiger partial charge in [-0.2, -0.15) is 0 Å². The van der Waals surface area contributed by atoms with Crippen LogP contribution in [-0.4, -0.2) is 36.2 Å². The molecule has 4 heteroatoms. The number of rotatable bonds is 6. The summed E-state index contributed by atoms with van der Waals surface area (Å²) >= 11 is 0. The van der Waals surface area contributed by atoms with E-state index >= 15 is 0 Å². The Kier molecular flexibility index (Phi) is 5.22. The molecule has 0 spiro atoms. The van der Waals surface area contributed by atoms with Crippen LogP contribution in [0, 0.1) is 0 Å². The number of aromatic nitrogens is 1. The Morgan fingerprint density at radius 1 is 1.44 bits per heavy atom. The first-order valence-electron chi connectivity index (χ1n) is 5.59. The summed E-state index contributed by atoms with van der Waals surface area (Å²) in [6.45, 7) is 6.52. The average molecular weight is 223 g/mol. The van der Waals surface area contributed by atoms with Crippen LogP contribution in [0.2, 0.25) is 0 Å². The summed E-state index contributed by atoms with van der Waals surface area (Å²) in [5.74, 6) is 0.573. The van der Waals surface area contributed by atoms with Crippen LogP contribution < -0.4 is 5.73 Å². The van der Waals surface area contributed by atoms with Gasteiger partial charge >= 0.3 is 0 Å². The predicted octanol–water partition coefficient (Wildman–Crippen LogP) is 1.52. The van der Waals surface area contributed by atoms with Gasteiger partial charge in [-0.25, -0.2) is 4.98 Å². The van der Waals surface area contributed by atoms with Crippen LogP contribution in [0.1, 0.15) is 19.5 Å². The molecule has 0 fully saturated rings. The lowest BCUT2D eigenvalue weighted by Crippen LogP contribution is -2.24. The topological polar surface area (TPSA) is 51.4 Å². The maximum Gasteiger partial charge on any atom is 0.123 e. The van der Waals surface area contributed by atoms with E-state index < -0.39 is 0 Å². The zero-order valence-electron chi connectivity index (χ0n) is 10.3. The third-order valence-corrected chi connectivity index (χ3v) is 2.18. The molecule has 0 amide bonds. The van der Waals surface area contributed by atoms with Crippen LogP contribution in [0.4, 0.5) is 5.82 Å². The summed E-state index contributed by atoms with van der Waals surface area (Å²) in [5.41, 5.74) is 6.61. The average Bonchev–Trinajstić information content (AvgIpc) is 2.16. The Morgan fingerprint density at radius 3 is 2.81 bits per heavy atom. The Bertz CT molecular complexity index is 315. The number of nitrogen functional groups attached to an aromatic ring is 1. The van der Waals surface area contributed by atoms with E-state index in [0.717, 1.165) is 25.4 Å². The highest BCUT2D eigenvalue weighted by Crippen LogP contribution is 2.03. The quantitative estimate of drug-likeness (QED) is 0.794. The van der Waals surface area contributed by atoms with Crippen molar-refractivity contribution in [3.05, 3.63) is 23.9 Å². The zero-order valence-corrected chi connectivity index (χ0v) is 10.3. The lowest BCUT2D eigenvalue weighted by molar-refractivity contribution is 0.0625. The van der Waals surface area contributed by atoms with E-state index in [1.54, 1.807) is 6.07 Å². The molecular formula is C12H21N3O. The molecule has 0 saturated carbocycles. The molecule has 0 aliphatic carbocycles. The first-order valence-corrected chi connectivity index (χ1v) is 5.59. The number of pyridine rings is 1. The second-order valence-electron chi connectivity index (χ2n) is 4.21. The molecule has 1 aromatic heterocycles. The smallest absolute Gasteiger partial charge is 0.123 e. The van der Waals surface area contributed by atoms with Gasteiger partial charge in [-0.1, -0.05) is 6.07 Å². The van der Waals surface area contributed by atoms with E-state index in [-0.39, 0.29) is 0 Å².